The lowest BCUT2D eigenvalue weighted by molar-refractivity contribution is 0.320. The number of benzene rings is 1. The molecule has 0 amide bonds. The summed E-state index contributed by atoms with van der Waals surface area (Å²) in [6.07, 6.45) is 0.604. The maximum atomic E-state index is 11.4. The Balaban J connectivity index is 2.68. The van der Waals surface area contributed by atoms with Crippen LogP contribution in [0.5, 0.6) is 5.75 Å². The van der Waals surface area contributed by atoms with Crippen LogP contribution >= 0.6 is 7.60 Å². The van der Waals surface area contributed by atoms with Gasteiger partial charge in [0.1, 0.15) is 5.75 Å². The van der Waals surface area contributed by atoms with Crippen molar-refractivity contribution in [3.05, 3.63) is 29.8 Å². The average molecular weight is 229 g/mol. The maximum Gasteiger partial charge on any atom is 0.382 e. The van der Waals surface area contributed by atoms with Crippen molar-refractivity contribution in [2.75, 3.05) is 6.16 Å². The van der Waals surface area contributed by atoms with E-state index in [-0.39, 0.29) is 6.16 Å². The fraction of sp³-hybridized carbons (Fsp3) is 0.222. The summed E-state index contributed by atoms with van der Waals surface area (Å²) >= 11 is 0. The molecule has 0 aliphatic heterocycles. The van der Waals surface area contributed by atoms with Crippen molar-refractivity contribution in [2.24, 2.45) is 5.16 Å². The molecule has 0 saturated heterocycles. The second kappa shape index (κ2) is 4.96. The Labute approximate surface area is 87.5 Å². The van der Waals surface area contributed by atoms with Gasteiger partial charge in [-0.3, -0.25) is 0 Å². The summed E-state index contributed by atoms with van der Waals surface area (Å²) in [5.74, 6) is 0.317. The Hall–Kier alpha value is -1.32. The number of hydrogen-bond donors (Lipinski definition) is 2. The van der Waals surface area contributed by atoms with E-state index in [0.29, 0.717) is 5.75 Å². The van der Waals surface area contributed by atoms with E-state index >= 15 is 0 Å². The molecule has 0 heterocycles. The predicted molar refractivity (Wildman–Crippen MR) is 56.8 cm³/mol. The lowest BCUT2D eigenvalue weighted by Crippen LogP contribution is -1.98. The second-order valence-electron chi connectivity index (χ2n) is 3.02. The van der Waals surface area contributed by atoms with Gasteiger partial charge in [-0.1, -0.05) is 17.7 Å². The van der Waals surface area contributed by atoms with Crippen molar-refractivity contribution in [1.29, 1.82) is 0 Å². The monoisotopic (exact) mass is 229 g/mol. The van der Waals surface area contributed by atoms with E-state index in [0.717, 1.165) is 11.8 Å². The molecule has 1 atom stereocenters. The van der Waals surface area contributed by atoms with Crippen LogP contribution < -0.4 is 4.52 Å². The van der Waals surface area contributed by atoms with Crippen LogP contribution in [0.25, 0.3) is 0 Å². The summed E-state index contributed by atoms with van der Waals surface area (Å²) in [6, 6.07) is 6.76. The Bertz CT molecular complexity index is 388. The van der Waals surface area contributed by atoms with Gasteiger partial charge in [-0.15, -0.1) is 5.16 Å². The first kappa shape index (κ1) is 11.8. The zero-order valence-corrected chi connectivity index (χ0v) is 9.09. The van der Waals surface area contributed by atoms with Crippen LogP contribution in [0.15, 0.2) is 29.4 Å². The summed E-state index contributed by atoms with van der Waals surface area (Å²) < 4.78 is 16.2. The summed E-state index contributed by atoms with van der Waals surface area (Å²) in [6.45, 7) is 1.90. The summed E-state index contributed by atoms with van der Waals surface area (Å²) in [5, 5.41) is 10.8. The fourth-order valence-electron chi connectivity index (χ4n) is 0.941. The molecule has 0 aliphatic rings. The van der Waals surface area contributed by atoms with Gasteiger partial charge in [0.25, 0.3) is 0 Å². The second-order valence-corrected chi connectivity index (χ2v) is 4.85. The largest absolute Gasteiger partial charge is 0.424 e. The van der Waals surface area contributed by atoms with E-state index in [4.69, 9.17) is 9.73 Å². The normalized spacial score (nSPS) is 15.1. The number of rotatable bonds is 4. The third kappa shape index (κ3) is 4.14. The predicted octanol–water partition coefficient (Wildman–Crippen LogP) is 2.02. The SMILES string of the molecule is Cc1ccc(OP(=O)(O)CC=NO)cc1. The third-order valence-electron chi connectivity index (χ3n) is 1.66. The van der Waals surface area contributed by atoms with E-state index in [1.54, 1.807) is 24.3 Å². The van der Waals surface area contributed by atoms with Gasteiger partial charge in [0.15, 0.2) is 0 Å². The molecule has 1 unspecified atom stereocenters. The van der Waals surface area contributed by atoms with Gasteiger partial charge in [-0.25, -0.2) is 4.57 Å². The molecule has 2 N–H and O–H groups in total. The van der Waals surface area contributed by atoms with Crippen molar-refractivity contribution in [3.63, 3.8) is 0 Å². The minimum atomic E-state index is -3.76. The van der Waals surface area contributed by atoms with Crippen molar-refractivity contribution < 1.29 is 19.2 Å². The minimum Gasteiger partial charge on any atom is -0.424 e. The van der Waals surface area contributed by atoms with Crippen molar-refractivity contribution in [1.82, 2.24) is 0 Å². The van der Waals surface area contributed by atoms with Gasteiger partial charge in [0, 0.05) is 0 Å². The highest BCUT2D eigenvalue weighted by Crippen LogP contribution is 2.41. The quantitative estimate of drug-likeness (QED) is 0.358. The van der Waals surface area contributed by atoms with Gasteiger partial charge in [-0.05, 0) is 19.1 Å². The first-order valence-electron chi connectivity index (χ1n) is 4.27. The minimum absolute atomic E-state index is 0.317. The molecule has 6 heteroatoms. The Morgan fingerprint density at radius 1 is 1.47 bits per heavy atom. The number of aryl methyl sites for hydroxylation is 1. The molecular formula is C9H12NO4P. The van der Waals surface area contributed by atoms with Crippen LogP contribution in [0.4, 0.5) is 0 Å². The molecule has 0 aliphatic carbocycles. The van der Waals surface area contributed by atoms with Gasteiger partial charge >= 0.3 is 7.60 Å². The fourth-order valence-corrected chi connectivity index (χ4v) is 1.75. The highest BCUT2D eigenvalue weighted by molar-refractivity contribution is 7.54. The van der Waals surface area contributed by atoms with E-state index in [9.17, 15) is 9.46 Å². The summed E-state index contributed by atoms with van der Waals surface area (Å²) in [4.78, 5) is 9.30. The van der Waals surface area contributed by atoms with E-state index in [1.165, 1.54) is 0 Å². The summed E-state index contributed by atoms with van der Waals surface area (Å²) in [5.41, 5.74) is 1.03. The molecule has 5 nitrogen and oxygen atoms in total. The van der Waals surface area contributed by atoms with Crippen molar-refractivity contribution in [3.8, 4) is 5.75 Å². The molecule has 1 aromatic rings. The number of hydrogen-bond acceptors (Lipinski definition) is 4. The number of oxime groups is 1. The van der Waals surface area contributed by atoms with Crippen LogP contribution in [0.1, 0.15) is 5.56 Å². The van der Waals surface area contributed by atoms with Crippen LogP contribution in [0.2, 0.25) is 0 Å². The number of nitrogens with zero attached hydrogens (tertiary/aromatic N) is 1. The van der Waals surface area contributed by atoms with Crippen LogP contribution in [-0.2, 0) is 4.57 Å². The molecule has 1 aromatic carbocycles. The zero-order valence-electron chi connectivity index (χ0n) is 8.20. The topological polar surface area (TPSA) is 79.1 Å². The van der Waals surface area contributed by atoms with Gasteiger partial charge in [0.2, 0.25) is 0 Å². The lowest BCUT2D eigenvalue weighted by Gasteiger charge is -2.10. The first-order chi connectivity index (χ1) is 7.03. The maximum absolute atomic E-state index is 11.4. The average Bonchev–Trinajstić information content (AvgIpc) is 2.18. The molecule has 0 bridgehead atoms. The van der Waals surface area contributed by atoms with Crippen LogP contribution in [0, 0.1) is 6.92 Å². The molecule has 1 rings (SSSR count). The first-order valence-corrected chi connectivity index (χ1v) is 6.04. The van der Waals surface area contributed by atoms with E-state index in [1.807, 2.05) is 6.92 Å². The molecule has 0 radical (unpaired) electrons. The van der Waals surface area contributed by atoms with E-state index in [2.05, 4.69) is 5.16 Å². The molecule has 15 heavy (non-hydrogen) atoms. The van der Waals surface area contributed by atoms with Gasteiger partial charge in [-0.2, -0.15) is 0 Å². The molecule has 0 saturated carbocycles. The molecule has 82 valence electrons. The molecule has 0 aromatic heterocycles. The Morgan fingerprint density at radius 2 is 2.07 bits per heavy atom. The van der Waals surface area contributed by atoms with Gasteiger partial charge < -0.3 is 14.6 Å². The molecule has 0 spiro atoms. The van der Waals surface area contributed by atoms with Crippen molar-refractivity contribution in [2.45, 2.75) is 6.92 Å². The molecule has 0 fully saturated rings. The van der Waals surface area contributed by atoms with E-state index < -0.39 is 7.60 Å². The molecular weight excluding hydrogens is 217 g/mol. The zero-order chi connectivity index (χ0) is 11.3. The van der Waals surface area contributed by atoms with Crippen LogP contribution in [-0.4, -0.2) is 22.5 Å². The summed E-state index contributed by atoms with van der Waals surface area (Å²) in [7, 11) is -3.76. The van der Waals surface area contributed by atoms with Crippen LogP contribution in [0.3, 0.4) is 0 Å². The van der Waals surface area contributed by atoms with Crippen molar-refractivity contribution >= 4 is 13.8 Å². The Morgan fingerprint density at radius 3 is 2.60 bits per heavy atom. The third-order valence-corrected chi connectivity index (χ3v) is 2.78. The standard InChI is InChI=1S/C9H12NO4P/c1-8-2-4-9(5-3-8)14-15(12,13)7-6-10-11/h2-6,11H,7H2,1H3,(H,12,13). The highest BCUT2D eigenvalue weighted by atomic mass is 31.2. The Kier molecular flexibility index (Phi) is 3.88. The smallest absolute Gasteiger partial charge is 0.382 e. The highest BCUT2D eigenvalue weighted by Gasteiger charge is 2.19. The lowest BCUT2D eigenvalue weighted by atomic mass is 10.2. The van der Waals surface area contributed by atoms with Gasteiger partial charge in [0.05, 0.1) is 12.4 Å².